The monoisotopic (exact) mass is 404 g/mol. The molecule has 1 N–H and O–H groups in total. The zero-order valence-electron chi connectivity index (χ0n) is 12.6. The van der Waals surface area contributed by atoms with Crippen LogP contribution in [-0.4, -0.2) is 12.0 Å². The highest BCUT2D eigenvalue weighted by molar-refractivity contribution is 9.11. The van der Waals surface area contributed by atoms with E-state index in [0.717, 1.165) is 21.1 Å². The third kappa shape index (κ3) is 6.68. The highest BCUT2D eigenvalue weighted by Gasteiger charge is 2.14. The molecule has 114 valence electrons. The van der Waals surface area contributed by atoms with E-state index in [4.69, 9.17) is 0 Å². The molecule has 1 aromatic heterocycles. The van der Waals surface area contributed by atoms with E-state index in [1.165, 1.54) is 44.9 Å². The average Bonchev–Trinajstić information content (AvgIpc) is 2.43. The van der Waals surface area contributed by atoms with Gasteiger partial charge in [-0.25, -0.2) is 0 Å². The van der Waals surface area contributed by atoms with Crippen LogP contribution in [0, 0.1) is 0 Å². The SMILES string of the molecule is CCCCCCCCCC(NC)c1ncc(Br)cc1Br. The van der Waals surface area contributed by atoms with Gasteiger partial charge in [0, 0.05) is 15.1 Å². The van der Waals surface area contributed by atoms with Crippen molar-refractivity contribution in [2.24, 2.45) is 0 Å². The van der Waals surface area contributed by atoms with Crippen molar-refractivity contribution < 1.29 is 0 Å². The maximum atomic E-state index is 4.53. The van der Waals surface area contributed by atoms with E-state index >= 15 is 0 Å². The van der Waals surface area contributed by atoms with Gasteiger partial charge in [-0.2, -0.15) is 0 Å². The van der Waals surface area contributed by atoms with Gasteiger partial charge in [-0.3, -0.25) is 4.98 Å². The van der Waals surface area contributed by atoms with Crippen LogP contribution in [0.5, 0.6) is 0 Å². The second-order valence-electron chi connectivity index (χ2n) is 5.27. The van der Waals surface area contributed by atoms with Crippen LogP contribution in [0.4, 0.5) is 0 Å². The molecular weight excluding hydrogens is 380 g/mol. The van der Waals surface area contributed by atoms with E-state index in [-0.39, 0.29) is 0 Å². The molecule has 1 atom stereocenters. The number of hydrogen-bond donors (Lipinski definition) is 1. The lowest BCUT2D eigenvalue weighted by Gasteiger charge is -2.17. The molecule has 2 nitrogen and oxygen atoms in total. The van der Waals surface area contributed by atoms with Crippen LogP contribution in [0.25, 0.3) is 0 Å². The lowest BCUT2D eigenvalue weighted by Crippen LogP contribution is -2.18. The van der Waals surface area contributed by atoms with Gasteiger partial charge < -0.3 is 5.32 Å². The Labute approximate surface area is 140 Å². The third-order valence-electron chi connectivity index (χ3n) is 3.61. The number of nitrogens with zero attached hydrogens (tertiary/aromatic N) is 1. The van der Waals surface area contributed by atoms with Gasteiger partial charge in [0.2, 0.25) is 0 Å². The lowest BCUT2D eigenvalue weighted by atomic mass is 10.0. The van der Waals surface area contributed by atoms with E-state index in [9.17, 15) is 0 Å². The fourth-order valence-corrected chi connectivity index (χ4v) is 3.67. The minimum absolute atomic E-state index is 0.341. The van der Waals surface area contributed by atoms with E-state index in [2.05, 4.69) is 55.2 Å². The van der Waals surface area contributed by atoms with Crippen molar-refractivity contribution in [1.29, 1.82) is 0 Å². The Morgan fingerprint density at radius 2 is 1.75 bits per heavy atom. The zero-order valence-corrected chi connectivity index (χ0v) is 15.8. The smallest absolute Gasteiger partial charge is 0.0715 e. The molecule has 0 fully saturated rings. The van der Waals surface area contributed by atoms with Gasteiger partial charge in [0.05, 0.1) is 11.7 Å². The highest BCUT2D eigenvalue weighted by atomic mass is 79.9. The predicted molar refractivity (Wildman–Crippen MR) is 94.0 cm³/mol. The number of aromatic nitrogens is 1. The number of nitrogens with one attached hydrogen (secondary N) is 1. The van der Waals surface area contributed by atoms with Crippen LogP contribution in [0.1, 0.15) is 70.0 Å². The predicted octanol–water partition coefficient (Wildman–Crippen LogP) is 6.01. The van der Waals surface area contributed by atoms with Crippen LogP contribution < -0.4 is 5.32 Å². The van der Waals surface area contributed by atoms with Crippen molar-refractivity contribution in [3.8, 4) is 0 Å². The van der Waals surface area contributed by atoms with Crippen LogP contribution in [-0.2, 0) is 0 Å². The Morgan fingerprint density at radius 1 is 1.10 bits per heavy atom. The molecule has 0 saturated heterocycles. The molecule has 0 aliphatic rings. The Kier molecular flexibility index (Phi) is 9.74. The van der Waals surface area contributed by atoms with Crippen molar-refractivity contribution >= 4 is 31.9 Å². The molecule has 4 heteroatoms. The van der Waals surface area contributed by atoms with Gasteiger partial charge in [-0.05, 0) is 51.4 Å². The topological polar surface area (TPSA) is 24.9 Å². The summed E-state index contributed by atoms with van der Waals surface area (Å²) in [5.41, 5.74) is 1.11. The van der Waals surface area contributed by atoms with Crippen LogP contribution >= 0.6 is 31.9 Å². The third-order valence-corrected chi connectivity index (χ3v) is 4.68. The molecule has 0 bridgehead atoms. The fourth-order valence-electron chi connectivity index (χ4n) is 2.40. The first-order valence-electron chi connectivity index (χ1n) is 7.67. The van der Waals surface area contributed by atoms with Gasteiger partial charge in [0.1, 0.15) is 0 Å². The standard InChI is InChI=1S/C16H26Br2N2/c1-3-4-5-6-7-8-9-10-15(19-2)16-14(18)11-13(17)12-20-16/h11-12,15,19H,3-10H2,1-2H3. The van der Waals surface area contributed by atoms with Crippen molar-refractivity contribution in [2.75, 3.05) is 7.05 Å². The molecule has 0 aliphatic heterocycles. The molecule has 1 rings (SSSR count). The normalized spacial score (nSPS) is 12.6. The van der Waals surface area contributed by atoms with Crippen molar-refractivity contribution in [3.63, 3.8) is 0 Å². The average molecular weight is 406 g/mol. The number of pyridine rings is 1. The first-order valence-corrected chi connectivity index (χ1v) is 9.25. The largest absolute Gasteiger partial charge is 0.312 e. The summed E-state index contributed by atoms with van der Waals surface area (Å²) in [6.07, 6.45) is 12.5. The molecule has 0 amide bonds. The quantitative estimate of drug-likeness (QED) is 0.482. The number of halogens is 2. The van der Waals surface area contributed by atoms with E-state index in [1.54, 1.807) is 0 Å². The molecular formula is C16H26Br2N2. The van der Waals surface area contributed by atoms with Crippen molar-refractivity contribution in [2.45, 2.75) is 64.3 Å². The van der Waals surface area contributed by atoms with Crippen LogP contribution in [0.15, 0.2) is 21.2 Å². The van der Waals surface area contributed by atoms with E-state index < -0.39 is 0 Å². The molecule has 0 saturated carbocycles. The zero-order chi connectivity index (χ0) is 14.8. The maximum Gasteiger partial charge on any atom is 0.0715 e. The molecule has 20 heavy (non-hydrogen) atoms. The summed E-state index contributed by atoms with van der Waals surface area (Å²) in [4.78, 5) is 4.53. The Hall–Kier alpha value is 0.0700. The summed E-state index contributed by atoms with van der Waals surface area (Å²) in [6.45, 7) is 2.26. The molecule has 0 aliphatic carbocycles. The van der Waals surface area contributed by atoms with Crippen LogP contribution in [0.2, 0.25) is 0 Å². The second-order valence-corrected chi connectivity index (χ2v) is 7.04. The molecule has 0 spiro atoms. The van der Waals surface area contributed by atoms with Gasteiger partial charge in [-0.1, -0.05) is 51.9 Å². The number of rotatable bonds is 10. The Balaban J connectivity index is 2.32. The number of hydrogen-bond acceptors (Lipinski definition) is 2. The van der Waals surface area contributed by atoms with Gasteiger partial charge >= 0.3 is 0 Å². The molecule has 1 aromatic rings. The highest BCUT2D eigenvalue weighted by Crippen LogP contribution is 2.27. The number of unbranched alkanes of at least 4 members (excludes halogenated alkanes) is 6. The summed E-state index contributed by atoms with van der Waals surface area (Å²) in [6, 6.07) is 2.41. The van der Waals surface area contributed by atoms with Gasteiger partial charge in [-0.15, -0.1) is 0 Å². The lowest BCUT2D eigenvalue weighted by molar-refractivity contribution is 0.486. The summed E-state index contributed by atoms with van der Waals surface area (Å²) in [5, 5.41) is 3.38. The molecule has 0 aromatic carbocycles. The minimum Gasteiger partial charge on any atom is -0.312 e. The van der Waals surface area contributed by atoms with Crippen LogP contribution in [0.3, 0.4) is 0 Å². The Morgan fingerprint density at radius 3 is 2.35 bits per heavy atom. The van der Waals surface area contributed by atoms with Gasteiger partial charge in [0.15, 0.2) is 0 Å². The molecule has 1 heterocycles. The molecule has 0 radical (unpaired) electrons. The van der Waals surface area contributed by atoms with E-state index in [0.29, 0.717) is 6.04 Å². The summed E-state index contributed by atoms with van der Waals surface area (Å²) in [5.74, 6) is 0. The minimum atomic E-state index is 0.341. The van der Waals surface area contributed by atoms with Gasteiger partial charge in [0.25, 0.3) is 0 Å². The maximum absolute atomic E-state index is 4.53. The van der Waals surface area contributed by atoms with E-state index in [1.807, 2.05) is 13.2 Å². The second kappa shape index (κ2) is 10.7. The molecule has 1 unspecified atom stereocenters. The summed E-state index contributed by atoms with van der Waals surface area (Å²) in [7, 11) is 2.02. The first kappa shape index (κ1) is 18.1. The van der Waals surface area contributed by atoms with Crippen molar-refractivity contribution in [1.82, 2.24) is 10.3 Å². The van der Waals surface area contributed by atoms with Crippen molar-refractivity contribution in [3.05, 3.63) is 26.9 Å². The fraction of sp³-hybridized carbons (Fsp3) is 0.688. The Bertz CT molecular complexity index is 383. The first-order chi connectivity index (χ1) is 9.69. The summed E-state index contributed by atoms with van der Waals surface area (Å²) < 4.78 is 2.09. The summed E-state index contributed by atoms with van der Waals surface area (Å²) >= 11 is 7.06.